The van der Waals surface area contributed by atoms with E-state index in [1.165, 1.54) is 0 Å². The highest BCUT2D eigenvalue weighted by atomic mass is 19.2. The second kappa shape index (κ2) is 6.20. The molecule has 1 aromatic rings. The first-order chi connectivity index (χ1) is 8.42. The van der Waals surface area contributed by atoms with Gasteiger partial charge in [0.15, 0.2) is 17.5 Å². The zero-order valence-electron chi connectivity index (χ0n) is 10.9. The smallest absolute Gasteiger partial charge is 0.194 e. The molecule has 2 nitrogen and oxygen atoms in total. The third-order valence-corrected chi connectivity index (χ3v) is 3.39. The van der Waals surface area contributed by atoms with E-state index in [0.29, 0.717) is 5.56 Å². The molecule has 2 N–H and O–H groups in total. The van der Waals surface area contributed by atoms with Crippen molar-refractivity contribution in [3.05, 3.63) is 35.1 Å². The third kappa shape index (κ3) is 3.03. The van der Waals surface area contributed by atoms with Crippen LogP contribution in [0.4, 0.5) is 13.2 Å². The maximum atomic E-state index is 13.2. The van der Waals surface area contributed by atoms with Crippen molar-refractivity contribution in [2.75, 3.05) is 13.6 Å². The molecule has 0 aliphatic carbocycles. The Morgan fingerprint density at radius 3 is 2.11 bits per heavy atom. The number of nitrogens with zero attached hydrogens (tertiary/aromatic N) is 1. The Morgan fingerprint density at radius 1 is 1.22 bits per heavy atom. The average Bonchev–Trinajstić information content (AvgIpc) is 2.35. The van der Waals surface area contributed by atoms with Gasteiger partial charge < -0.3 is 5.73 Å². The fourth-order valence-electron chi connectivity index (χ4n) is 1.90. The highest BCUT2D eigenvalue weighted by Gasteiger charge is 2.22. The van der Waals surface area contributed by atoms with E-state index in [0.717, 1.165) is 18.6 Å². The summed E-state index contributed by atoms with van der Waals surface area (Å²) in [6.07, 6.45) is 0.888. The van der Waals surface area contributed by atoms with Gasteiger partial charge in [0, 0.05) is 18.6 Å². The van der Waals surface area contributed by atoms with Gasteiger partial charge in [0.25, 0.3) is 0 Å². The van der Waals surface area contributed by atoms with E-state index >= 15 is 0 Å². The lowest BCUT2D eigenvalue weighted by Crippen LogP contribution is -2.36. The van der Waals surface area contributed by atoms with Crippen molar-refractivity contribution in [2.45, 2.75) is 32.4 Å². The number of benzene rings is 1. The summed E-state index contributed by atoms with van der Waals surface area (Å²) in [5, 5.41) is 0. The van der Waals surface area contributed by atoms with Gasteiger partial charge in [0.1, 0.15) is 0 Å². The summed E-state index contributed by atoms with van der Waals surface area (Å²) in [4.78, 5) is 1.94. The molecule has 0 aromatic heterocycles. The molecule has 0 saturated heterocycles. The van der Waals surface area contributed by atoms with Gasteiger partial charge in [-0.2, -0.15) is 0 Å². The highest BCUT2D eigenvalue weighted by molar-refractivity contribution is 5.23. The van der Waals surface area contributed by atoms with Gasteiger partial charge in [0.2, 0.25) is 0 Å². The van der Waals surface area contributed by atoms with E-state index in [-0.39, 0.29) is 18.6 Å². The Morgan fingerprint density at radius 2 is 1.72 bits per heavy atom. The van der Waals surface area contributed by atoms with Crippen molar-refractivity contribution in [3.8, 4) is 0 Å². The van der Waals surface area contributed by atoms with Crippen LogP contribution in [0.2, 0.25) is 0 Å². The monoisotopic (exact) mass is 260 g/mol. The molecule has 18 heavy (non-hydrogen) atoms. The topological polar surface area (TPSA) is 29.3 Å². The van der Waals surface area contributed by atoms with Crippen molar-refractivity contribution in [3.63, 3.8) is 0 Å². The van der Waals surface area contributed by atoms with Gasteiger partial charge in [-0.1, -0.05) is 6.92 Å². The standard InChI is InChI=1S/C13H19F3N2/c1-4-8(2)18(3)12(7-17)9-5-10(14)13(16)11(15)6-9/h5-6,8,12H,4,7,17H2,1-3H3. The molecule has 0 saturated carbocycles. The molecule has 0 amide bonds. The van der Waals surface area contributed by atoms with Gasteiger partial charge >= 0.3 is 0 Å². The first-order valence-corrected chi connectivity index (χ1v) is 5.98. The van der Waals surface area contributed by atoms with Crippen LogP contribution in [0.5, 0.6) is 0 Å². The SMILES string of the molecule is CCC(C)N(C)C(CN)c1cc(F)c(F)c(F)c1. The van der Waals surface area contributed by atoms with Crippen LogP contribution < -0.4 is 5.73 Å². The Balaban J connectivity index is 3.09. The molecule has 0 heterocycles. The molecule has 1 aromatic carbocycles. The van der Waals surface area contributed by atoms with Gasteiger partial charge in [-0.25, -0.2) is 13.2 Å². The zero-order chi connectivity index (χ0) is 13.9. The summed E-state index contributed by atoms with van der Waals surface area (Å²) < 4.78 is 39.3. The van der Waals surface area contributed by atoms with E-state index in [1.54, 1.807) is 0 Å². The second-order valence-corrected chi connectivity index (χ2v) is 4.47. The lowest BCUT2D eigenvalue weighted by Gasteiger charge is -2.32. The van der Waals surface area contributed by atoms with E-state index in [2.05, 4.69) is 0 Å². The number of nitrogens with two attached hydrogens (primary N) is 1. The third-order valence-electron chi connectivity index (χ3n) is 3.39. The van der Waals surface area contributed by atoms with Gasteiger partial charge in [-0.05, 0) is 38.1 Å². The molecular weight excluding hydrogens is 241 g/mol. The van der Waals surface area contributed by atoms with Crippen molar-refractivity contribution in [2.24, 2.45) is 5.73 Å². The van der Waals surface area contributed by atoms with Crippen molar-refractivity contribution >= 4 is 0 Å². The quantitative estimate of drug-likeness (QED) is 0.825. The minimum Gasteiger partial charge on any atom is -0.329 e. The van der Waals surface area contributed by atoms with Crippen LogP contribution in [-0.2, 0) is 0 Å². The Hall–Kier alpha value is -1.07. The number of hydrogen-bond acceptors (Lipinski definition) is 2. The molecule has 0 radical (unpaired) electrons. The van der Waals surface area contributed by atoms with E-state index in [1.807, 2.05) is 25.8 Å². The summed E-state index contributed by atoms with van der Waals surface area (Å²) in [7, 11) is 1.84. The second-order valence-electron chi connectivity index (χ2n) is 4.47. The normalized spacial score (nSPS) is 14.9. The van der Waals surface area contributed by atoms with Crippen LogP contribution in [0.3, 0.4) is 0 Å². The number of rotatable bonds is 5. The van der Waals surface area contributed by atoms with Crippen LogP contribution >= 0.6 is 0 Å². The molecule has 0 fully saturated rings. The van der Waals surface area contributed by atoms with Crippen LogP contribution in [0, 0.1) is 17.5 Å². The molecule has 2 unspecified atom stereocenters. The molecule has 2 atom stereocenters. The molecule has 0 bridgehead atoms. The van der Waals surface area contributed by atoms with Crippen LogP contribution in [0.25, 0.3) is 0 Å². The van der Waals surface area contributed by atoms with E-state index in [4.69, 9.17) is 5.73 Å². The zero-order valence-corrected chi connectivity index (χ0v) is 10.9. The van der Waals surface area contributed by atoms with Crippen molar-refractivity contribution in [1.29, 1.82) is 0 Å². The molecule has 5 heteroatoms. The largest absolute Gasteiger partial charge is 0.329 e. The van der Waals surface area contributed by atoms with Crippen molar-refractivity contribution in [1.82, 2.24) is 4.90 Å². The summed E-state index contributed by atoms with van der Waals surface area (Å²) >= 11 is 0. The lowest BCUT2D eigenvalue weighted by molar-refractivity contribution is 0.184. The van der Waals surface area contributed by atoms with Gasteiger partial charge in [-0.15, -0.1) is 0 Å². The average molecular weight is 260 g/mol. The van der Waals surface area contributed by atoms with Crippen LogP contribution in [0.15, 0.2) is 12.1 Å². The minimum absolute atomic E-state index is 0.214. The maximum absolute atomic E-state index is 13.2. The summed E-state index contributed by atoms with van der Waals surface area (Å²) in [5.74, 6) is -3.80. The molecule has 0 aliphatic rings. The lowest BCUT2D eigenvalue weighted by atomic mass is 10.0. The van der Waals surface area contributed by atoms with E-state index in [9.17, 15) is 13.2 Å². The molecule has 102 valence electrons. The predicted molar refractivity (Wildman–Crippen MR) is 65.6 cm³/mol. The Bertz CT molecular complexity index is 386. The molecule has 0 aliphatic heterocycles. The fraction of sp³-hybridized carbons (Fsp3) is 0.538. The Labute approximate surface area is 106 Å². The van der Waals surface area contributed by atoms with Gasteiger partial charge in [-0.3, -0.25) is 4.90 Å². The molecule has 0 spiro atoms. The van der Waals surface area contributed by atoms with Crippen LogP contribution in [-0.4, -0.2) is 24.5 Å². The number of hydrogen-bond donors (Lipinski definition) is 1. The van der Waals surface area contributed by atoms with E-state index < -0.39 is 17.5 Å². The summed E-state index contributed by atoms with van der Waals surface area (Å²) in [6, 6.07) is 1.91. The summed E-state index contributed by atoms with van der Waals surface area (Å²) in [5.41, 5.74) is 6.01. The number of likely N-dealkylation sites (N-methyl/N-ethyl adjacent to an activating group) is 1. The maximum Gasteiger partial charge on any atom is 0.194 e. The molecular formula is C13H19F3N2. The molecule has 1 rings (SSSR count). The predicted octanol–water partition coefficient (Wildman–Crippen LogP) is 2.83. The first kappa shape index (κ1) is 15.0. The van der Waals surface area contributed by atoms with Crippen LogP contribution in [0.1, 0.15) is 31.9 Å². The number of halogens is 3. The highest BCUT2D eigenvalue weighted by Crippen LogP contribution is 2.24. The van der Waals surface area contributed by atoms with Gasteiger partial charge in [0.05, 0.1) is 0 Å². The Kier molecular flexibility index (Phi) is 5.16. The fourth-order valence-corrected chi connectivity index (χ4v) is 1.90. The first-order valence-electron chi connectivity index (χ1n) is 5.98. The summed E-state index contributed by atoms with van der Waals surface area (Å²) in [6.45, 7) is 4.23. The minimum atomic E-state index is -1.44. The van der Waals surface area contributed by atoms with Crippen molar-refractivity contribution < 1.29 is 13.2 Å².